The summed E-state index contributed by atoms with van der Waals surface area (Å²) in [4.78, 5) is 14.5. The molecule has 0 aromatic rings. The Morgan fingerprint density at radius 2 is 2.17 bits per heavy atom. The fourth-order valence-electron chi connectivity index (χ4n) is 2.07. The fourth-order valence-corrected chi connectivity index (χ4v) is 2.07. The van der Waals surface area contributed by atoms with Crippen molar-refractivity contribution in [1.82, 2.24) is 10.2 Å². The summed E-state index contributed by atoms with van der Waals surface area (Å²) in [5, 5.41) is 3.12. The minimum atomic E-state index is -0.598. The highest BCUT2D eigenvalue weighted by Gasteiger charge is 2.44. The molecule has 3 unspecified atom stereocenters. The Morgan fingerprint density at radius 3 is 2.56 bits per heavy atom. The number of nitrogens with zero attached hydrogens (tertiary/aromatic N) is 1. The number of nitrogens with two attached hydrogens (primary N) is 1. The number of carbonyl (C=O) groups is 1. The maximum atomic E-state index is 12.4. The van der Waals surface area contributed by atoms with Crippen LogP contribution in [0.1, 0.15) is 20.8 Å². The zero-order valence-corrected chi connectivity index (χ0v) is 12.2. The average molecular weight is 257 g/mol. The maximum absolute atomic E-state index is 12.4. The van der Waals surface area contributed by atoms with E-state index in [-0.39, 0.29) is 18.0 Å². The lowest BCUT2D eigenvalue weighted by Gasteiger charge is -2.31. The average Bonchev–Trinajstić information content (AvgIpc) is 2.58. The second kappa shape index (κ2) is 5.99. The van der Waals surface area contributed by atoms with Gasteiger partial charge in [-0.05, 0) is 26.9 Å². The molecule has 0 aromatic heterocycles. The van der Waals surface area contributed by atoms with E-state index in [1.54, 1.807) is 0 Å². The van der Waals surface area contributed by atoms with Crippen LogP contribution < -0.4 is 11.1 Å². The summed E-state index contributed by atoms with van der Waals surface area (Å²) in [6.45, 7) is 7.81. The standard InChI is InChI=1S/C13H27N3O2/c1-9(2)10(6-16(4)5)15-12(17)13(3)8-18-7-11(13)14/h9-11H,6-8,14H2,1-5H3,(H,15,17). The topological polar surface area (TPSA) is 67.6 Å². The summed E-state index contributed by atoms with van der Waals surface area (Å²) in [6.07, 6.45) is 0. The molecule has 0 aliphatic carbocycles. The van der Waals surface area contributed by atoms with Crippen LogP contribution in [0.5, 0.6) is 0 Å². The minimum Gasteiger partial charge on any atom is -0.379 e. The molecule has 1 aliphatic heterocycles. The number of amides is 1. The Bertz CT molecular complexity index is 294. The Balaban J connectivity index is 2.66. The number of likely N-dealkylation sites (N-methyl/N-ethyl adjacent to an activating group) is 1. The SMILES string of the molecule is CC(C)C(CN(C)C)NC(=O)C1(C)COCC1N. The van der Waals surface area contributed by atoms with E-state index in [2.05, 4.69) is 24.1 Å². The molecule has 1 saturated heterocycles. The normalized spacial score (nSPS) is 29.9. The van der Waals surface area contributed by atoms with Gasteiger partial charge in [0.2, 0.25) is 5.91 Å². The molecule has 0 saturated carbocycles. The van der Waals surface area contributed by atoms with Gasteiger partial charge in [-0.25, -0.2) is 0 Å². The van der Waals surface area contributed by atoms with Crippen molar-refractivity contribution in [2.75, 3.05) is 33.9 Å². The highest BCUT2D eigenvalue weighted by molar-refractivity contribution is 5.83. The van der Waals surface area contributed by atoms with E-state index in [1.165, 1.54) is 0 Å². The minimum absolute atomic E-state index is 0.00745. The van der Waals surface area contributed by atoms with Crippen LogP contribution in [0.25, 0.3) is 0 Å². The van der Waals surface area contributed by atoms with E-state index < -0.39 is 5.41 Å². The predicted molar refractivity (Wildman–Crippen MR) is 72.2 cm³/mol. The van der Waals surface area contributed by atoms with Crippen molar-refractivity contribution < 1.29 is 9.53 Å². The molecule has 0 bridgehead atoms. The number of hydrogen-bond donors (Lipinski definition) is 2. The Hall–Kier alpha value is -0.650. The molecule has 18 heavy (non-hydrogen) atoms. The summed E-state index contributed by atoms with van der Waals surface area (Å²) in [7, 11) is 4.02. The van der Waals surface area contributed by atoms with Gasteiger partial charge in [-0.1, -0.05) is 13.8 Å². The Labute approximate surface area is 110 Å². The largest absolute Gasteiger partial charge is 0.379 e. The molecule has 1 amide bonds. The van der Waals surface area contributed by atoms with Crippen LogP contribution in [-0.4, -0.2) is 56.7 Å². The molecule has 5 nitrogen and oxygen atoms in total. The predicted octanol–water partition coefficient (Wildman–Crippen LogP) is 0.0526. The number of hydrogen-bond acceptors (Lipinski definition) is 4. The summed E-state index contributed by atoms with van der Waals surface area (Å²) in [6, 6.07) is -0.0817. The first kappa shape index (κ1) is 15.4. The van der Waals surface area contributed by atoms with Crippen LogP contribution in [0.2, 0.25) is 0 Å². The van der Waals surface area contributed by atoms with Crippen molar-refractivity contribution in [3.05, 3.63) is 0 Å². The molecule has 5 heteroatoms. The highest BCUT2D eigenvalue weighted by atomic mass is 16.5. The van der Waals surface area contributed by atoms with E-state index in [1.807, 2.05) is 21.0 Å². The molecule has 0 aromatic carbocycles. The van der Waals surface area contributed by atoms with Crippen LogP contribution in [0.15, 0.2) is 0 Å². The van der Waals surface area contributed by atoms with Gasteiger partial charge in [0, 0.05) is 18.6 Å². The van der Waals surface area contributed by atoms with Crippen molar-refractivity contribution >= 4 is 5.91 Å². The molecule has 0 radical (unpaired) electrons. The van der Waals surface area contributed by atoms with Gasteiger partial charge in [0.1, 0.15) is 0 Å². The van der Waals surface area contributed by atoms with Gasteiger partial charge in [0.05, 0.1) is 18.6 Å². The lowest BCUT2D eigenvalue weighted by atomic mass is 9.84. The van der Waals surface area contributed by atoms with Gasteiger partial charge in [-0.3, -0.25) is 4.79 Å². The molecular weight excluding hydrogens is 230 g/mol. The van der Waals surface area contributed by atoms with Gasteiger partial charge in [-0.2, -0.15) is 0 Å². The summed E-state index contributed by atoms with van der Waals surface area (Å²) >= 11 is 0. The molecule has 3 atom stereocenters. The van der Waals surface area contributed by atoms with E-state index in [0.717, 1.165) is 6.54 Å². The van der Waals surface area contributed by atoms with Gasteiger partial charge < -0.3 is 20.7 Å². The monoisotopic (exact) mass is 257 g/mol. The highest BCUT2D eigenvalue weighted by Crippen LogP contribution is 2.27. The molecule has 1 fully saturated rings. The van der Waals surface area contributed by atoms with E-state index in [0.29, 0.717) is 19.1 Å². The number of rotatable bonds is 5. The van der Waals surface area contributed by atoms with Crippen molar-refractivity contribution in [3.8, 4) is 0 Å². The van der Waals surface area contributed by atoms with Crippen LogP contribution >= 0.6 is 0 Å². The van der Waals surface area contributed by atoms with E-state index >= 15 is 0 Å². The van der Waals surface area contributed by atoms with E-state index in [9.17, 15) is 4.79 Å². The molecule has 0 spiro atoms. The summed E-state index contributed by atoms with van der Waals surface area (Å²) < 4.78 is 5.32. The smallest absolute Gasteiger partial charge is 0.230 e. The Morgan fingerprint density at radius 1 is 1.56 bits per heavy atom. The lowest BCUT2D eigenvalue weighted by Crippen LogP contribution is -2.55. The molecule has 1 aliphatic rings. The van der Waals surface area contributed by atoms with Gasteiger partial charge >= 0.3 is 0 Å². The molecule has 106 valence electrons. The molecular formula is C13H27N3O2. The van der Waals surface area contributed by atoms with Crippen LogP contribution in [0, 0.1) is 11.3 Å². The van der Waals surface area contributed by atoms with Gasteiger partial charge in [0.25, 0.3) is 0 Å². The molecule has 1 rings (SSSR count). The first-order chi connectivity index (χ1) is 8.27. The van der Waals surface area contributed by atoms with Crippen molar-refractivity contribution in [3.63, 3.8) is 0 Å². The zero-order valence-electron chi connectivity index (χ0n) is 12.2. The van der Waals surface area contributed by atoms with Crippen LogP contribution in [0.4, 0.5) is 0 Å². The van der Waals surface area contributed by atoms with Gasteiger partial charge in [-0.15, -0.1) is 0 Å². The molecule has 3 N–H and O–H groups in total. The second-order valence-corrected chi connectivity index (χ2v) is 6.13. The van der Waals surface area contributed by atoms with E-state index in [4.69, 9.17) is 10.5 Å². The Kier molecular flexibility index (Phi) is 5.13. The zero-order chi connectivity index (χ0) is 13.9. The third-order valence-corrected chi connectivity index (χ3v) is 3.72. The number of carbonyl (C=O) groups excluding carboxylic acids is 1. The third kappa shape index (κ3) is 3.43. The number of ether oxygens (including phenoxy) is 1. The molecule has 1 heterocycles. The van der Waals surface area contributed by atoms with Crippen molar-refractivity contribution in [2.24, 2.45) is 17.1 Å². The summed E-state index contributed by atoms with van der Waals surface area (Å²) in [5.74, 6) is 0.395. The van der Waals surface area contributed by atoms with Gasteiger partial charge in [0.15, 0.2) is 0 Å². The maximum Gasteiger partial charge on any atom is 0.230 e. The van der Waals surface area contributed by atoms with Crippen molar-refractivity contribution in [2.45, 2.75) is 32.9 Å². The fraction of sp³-hybridized carbons (Fsp3) is 0.923. The van der Waals surface area contributed by atoms with Crippen molar-refractivity contribution in [1.29, 1.82) is 0 Å². The second-order valence-electron chi connectivity index (χ2n) is 6.13. The third-order valence-electron chi connectivity index (χ3n) is 3.72. The quantitative estimate of drug-likeness (QED) is 0.730. The number of nitrogens with one attached hydrogen (secondary N) is 1. The first-order valence-electron chi connectivity index (χ1n) is 6.56. The van der Waals surface area contributed by atoms with Crippen LogP contribution in [-0.2, 0) is 9.53 Å². The summed E-state index contributed by atoms with van der Waals surface area (Å²) in [5.41, 5.74) is 5.37. The first-order valence-corrected chi connectivity index (χ1v) is 6.56. The van der Waals surface area contributed by atoms with Crippen LogP contribution in [0.3, 0.4) is 0 Å². The lowest BCUT2D eigenvalue weighted by molar-refractivity contribution is -0.131.